The van der Waals surface area contributed by atoms with Crippen LogP contribution in [0.2, 0.25) is 0 Å². The third-order valence-corrected chi connectivity index (χ3v) is 3.00. The standard InChI is InChI=1S/C12H18O5/c1-5-7-6-8(15-11(13)14-4)10-9(7)16-12(2,3)17-10/h6,8-10H,5H2,1-4H3/t8-,9+,10-/m0/s1. The van der Waals surface area contributed by atoms with Crippen molar-refractivity contribution in [1.82, 2.24) is 0 Å². The summed E-state index contributed by atoms with van der Waals surface area (Å²) in [6, 6.07) is 0. The normalized spacial score (nSPS) is 34.1. The summed E-state index contributed by atoms with van der Waals surface area (Å²) in [5, 5.41) is 0. The van der Waals surface area contributed by atoms with Crippen molar-refractivity contribution in [3.8, 4) is 0 Å². The van der Waals surface area contributed by atoms with Crippen LogP contribution in [0, 0.1) is 0 Å². The molecule has 96 valence electrons. The van der Waals surface area contributed by atoms with E-state index in [-0.39, 0.29) is 12.2 Å². The smallest absolute Gasteiger partial charge is 0.438 e. The van der Waals surface area contributed by atoms with Crippen LogP contribution in [0.25, 0.3) is 0 Å². The minimum Gasteiger partial charge on any atom is -0.438 e. The van der Waals surface area contributed by atoms with Crippen LogP contribution in [0.1, 0.15) is 27.2 Å². The number of fused-ring (bicyclic) bond motifs is 1. The number of hydrogen-bond donors (Lipinski definition) is 0. The number of rotatable bonds is 2. The van der Waals surface area contributed by atoms with Crippen molar-refractivity contribution in [2.24, 2.45) is 0 Å². The lowest BCUT2D eigenvalue weighted by atomic mass is 10.1. The van der Waals surface area contributed by atoms with Crippen LogP contribution >= 0.6 is 0 Å². The maximum atomic E-state index is 11.1. The molecule has 0 aromatic heterocycles. The van der Waals surface area contributed by atoms with Gasteiger partial charge in [-0.15, -0.1) is 0 Å². The van der Waals surface area contributed by atoms with E-state index in [0.717, 1.165) is 12.0 Å². The molecule has 5 heteroatoms. The van der Waals surface area contributed by atoms with Gasteiger partial charge in [0.25, 0.3) is 0 Å². The molecule has 0 aromatic rings. The summed E-state index contributed by atoms with van der Waals surface area (Å²) in [5.41, 5.74) is 1.11. The number of hydrogen-bond acceptors (Lipinski definition) is 5. The van der Waals surface area contributed by atoms with E-state index in [2.05, 4.69) is 4.74 Å². The van der Waals surface area contributed by atoms with E-state index in [9.17, 15) is 4.79 Å². The minimum absolute atomic E-state index is 0.121. The summed E-state index contributed by atoms with van der Waals surface area (Å²) < 4.78 is 21.2. The van der Waals surface area contributed by atoms with Gasteiger partial charge in [0.05, 0.1) is 7.11 Å². The molecule has 0 unspecified atom stereocenters. The Hall–Kier alpha value is -1.07. The highest BCUT2D eigenvalue weighted by Gasteiger charge is 2.51. The highest BCUT2D eigenvalue weighted by atomic mass is 16.8. The lowest BCUT2D eigenvalue weighted by Gasteiger charge is -2.20. The Morgan fingerprint density at radius 1 is 1.47 bits per heavy atom. The zero-order valence-electron chi connectivity index (χ0n) is 10.6. The summed E-state index contributed by atoms with van der Waals surface area (Å²) in [6.07, 6.45) is 1.23. The van der Waals surface area contributed by atoms with Crippen LogP contribution in [0.15, 0.2) is 11.6 Å². The van der Waals surface area contributed by atoms with Gasteiger partial charge in [0, 0.05) is 0 Å². The molecule has 0 N–H and O–H groups in total. The summed E-state index contributed by atoms with van der Waals surface area (Å²) in [5.74, 6) is -0.637. The molecule has 2 aliphatic rings. The Labute approximate surface area is 101 Å². The zero-order chi connectivity index (χ0) is 12.6. The molecular formula is C12H18O5. The van der Waals surface area contributed by atoms with Crippen LogP contribution in [0.4, 0.5) is 4.79 Å². The van der Waals surface area contributed by atoms with Gasteiger partial charge in [-0.25, -0.2) is 4.79 Å². The van der Waals surface area contributed by atoms with Crippen molar-refractivity contribution < 1.29 is 23.7 Å². The quantitative estimate of drug-likeness (QED) is 0.547. The van der Waals surface area contributed by atoms with E-state index in [4.69, 9.17) is 14.2 Å². The topological polar surface area (TPSA) is 54.0 Å². The Morgan fingerprint density at radius 3 is 2.76 bits per heavy atom. The fraction of sp³-hybridized carbons (Fsp3) is 0.750. The molecule has 1 aliphatic carbocycles. The van der Waals surface area contributed by atoms with Gasteiger partial charge in [0.1, 0.15) is 12.2 Å². The van der Waals surface area contributed by atoms with Crippen LogP contribution in [0.5, 0.6) is 0 Å². The van der Waals surface area contributed by atoms with Crippen molar-refractivity contribution in [3.63, 3.8) is 0 Å². The molecule has 2 rings (SSSR count). The van der Waals surface area contributed by atoms with Gasteiger partial charge in [0.15, 0.2) is 11.9 Å². The van der Waals surface area contributed by atoms with E-state index in [0.29, 0.717) is 0 Å². The van der Waals surface area contributed by atoms with Crippen molar-refractivity contribution >= 4 is 6.16 Å². The molecule has 17 heavy (non-hydrogen) atoms. The third kappa shape index (κ3) is 2.30. The fourth-order valence-electron chi connectivity index (χ4n) is 2.30. The molecule has 0 saturated carbocycles. The van der Waals surface area contributed by atoms with E-state index >= 15 is 0 Å². The summed E-state index contributed by atoms with van der Waals surface area (Å²) in [4.78, 5) is 11.1. The SMILES string of the molecule is CCC1=C[C@H](OC(=O)OC)[C@@H]2OC(C)(C)O[C@H]12. The molecule has 0 radical (unpaired) electrons. The summed E-state index contributed by atoms with van der Waals surface area (Å²) in [6.45, 7) is 5.75. The van der Waals surface area contributed by atoms with Crippen LogP contribution in [0.3, 0.4) is 0 Å². The van der Waals surface area contributed by atoms with Crippen molar-refractivity contribution in [2.45, 2.75) is 51.3 Å². The average Bonchev–Trinajstić information content (AvgIpc) is 2.73. The number of carbonyl (C=O) groups excluding carboxylic acids is 1. The molecule has 3 atom stereocenters. The van der Waals surface area contributed by atoms with Crippen molar-refractivity contribution in [2.75, 3.05) is 7.11 Å². The molecule has 1 saturated heterocycles. The molecule has 1 fully saturated rings. The molecule has 1 heterocycles. The number of carbonyl (C=O) groups is 1. The highest BCUT2D eigenvalue weighted by Crippen LogP contribution is 2.40. The predicted octanol–water partition coefficient (Wildman–Crippen LogP) is 2.01. The van der Waals surface area contributed by atoms with Gasteiger partial charge >= 0.3 is 6.16 Å². The van der Waals surface area contributed by atoms with Crippen LogP contribution in [-0.4, -0.2) is 37.4 Å². The zero-order valence-corrected chi connectivity index (χ0v) is 10.6. The molecule has 0 amide bonds. The Kier molecular flexibility index (Phi) is 3.14. The van der Waals surface area contributed by atoms with E-state index in [1.54, 1.807) is 0 Å². The molecule has 0 aromatic carbocycles. The first kappa shape index (κ1) is 12.4. The van der Waals surface area contributed by atoms with Gasteiger partial charge in [-0.3, -0.25) is 0 Å². The number of ether oxygens (including phenoxy) is 4. The van der Waals surface area contributed by atoms with Gasteiger partial charge in [0.2, 0.25) is 0 Å². The first-order valence-electron chi connectivity index (χ1n) is 5.77. The summed E-state index contributed by atoms with van der Waals surface area (Å²) >= 11 is 0. The second-order valence-electron chi connectivity index (χ2n) is 4.65. The monoisotopic (exact) mass is 242 g/mol. The molecule has 0 spiro atoms. The maximum absolute atomic E-state index is 11.1. The minimum atomic E-state index is -0.698. The van der Waals surface area contributed by atoms with E-state index in [1.807, 2.05) is 26.8 Å². The number of methoxy groups -OCH3 is 1. The van der Waals surface area contributed by atoms with Crippen LogP contribution < -0.4 is 0 Å². The van der Waals surface area contributed by atoms with Gasteiger partial charge in [-0.2, -0.15) is 0 Å². The lowest BCUT2D eigenvalue weighted by Crippen LogP contribution is -2.33. The van der Waals surface area contributed by atoms with Gasteiger partial charge in [-0.05, 0) is 31.9 Å². The van der Waals surface area contributed by atoms with E-state index in [1.165, 1.54) is 7.11 Å². The Morgan fingerprint density at radius 2 is 2.18 bits per heavy atom. The highest BCUT2D eigenvalue weighted by molar-refractivity contribution is 5.60. The molecule has 1 aliphatic heterocycles. The Balaban J connectivity index is 2.13. The summed E-state index contributed by atoms with van der Waals surface area (Å²) in [7, 11) is 1.29. The molecular weight excluding hydrogens is 224 g/mol. The first-order chi connectivity index (χ1) is 7.96. The first-order valence-corrected chi connectivity index (χ1v) is 5.77. The largest absolute Gasteiger partial charge is 0.508 e. The van der Waals surface area contributed by atoms with Crippen LogP contribution in [-0.2, 0) is 18.9 Å². The lowest BCUT2D eigenvalue weighted by molar-refractivity contribution is -0.154. The second-order valence-corrected chi connectivity index (χ2v) is 4.65. The van der Waals surface area contributed by atoms with Crippen molar-refractivity contribution in [1.29, 1.82) is 0 Å². The fourth-order valence-corrected chi connectivity index (χ4v) is 2.30. The van der Waals surface area contributed by atoms with E-state index < -0.39 is 18.0 Å². The Bertz CT molecular complexity index is 347. The molecule has 0 bridgehead atoms. The predicted molar refractivity (Wildman–Crippen MR) is 59.5 cm³/mol. The van der Waals surface area contributed by atoms with Crippen molar-refractivity contribution in [3.05, 3.63) is 11.6 Å². The van der Waals surface area contributed by atoms with Gasteiger partial charge in [-0.1, -0.05) is 6.92 Å². The molecule has 5 nitrogen and oxygen atoms in total. The maximum Gasteiger partial charge on any atom is 0.508 e. The second kappa shape index (κ2) is 4.31. The average molecular weight is 242 g/mol. The van der Waals surface area contributed by atoms with Gasteiger partial charge < -0.3 is 18.9 Å². The third-order valence-electron chi connectivity index (χ3n) is 3.00.